The molecule has 0 unspecified atom stereocenters. The molecule has 0 saturated heterocycles. The Bertz CT molecular complexity index is 432. The molecule has 0 aromatic heterocycles. The molecule has 0 radical (unpaired) electrons. The number of benzene rings is 1. The molecule has 0 spiro atoms. The van der Waals surface area contributed by atoms with Crippen molar-refractivity contribution in [2.45, 2.75) is 19.3 Å². The summed E-state index contributed by atoms with van der Waals surface area (Å²) in [6.07, 6.45) is 2.43. The molecule has 0 saturated carbocycles. The van der Waals surface area contributed by atoms with E-state index in [0.29, 0.717) is 17.8 Å². The maximum absolute atomic E-state index is 11.7. The number of anilines is 1. The third-order valence-electron chi connectivity index (χ3n) is 2.74. The van der Waals surface area contributed by atoms with E-state index in [9.17, 15) is 9.59 Å². The van der Waals surface area contributed by atoms with Gasteiger partial charge in [0.05, 0.1) is 6.54 Å². The van der Waals surface area contributed by atoms with E-state index < -0.39 is 0 Å². The number of rotatable bonds is 8. The van der Waals surface area contributed by atoms with Gasteiger partial charge in [0.2, 0.25) is 5.91 Å². The minimum Gasteiger partial charge on any atom is -0.399 e. The largest absolute Gasteiger partial charge is 0.399 e. The highest BCUT2D eigenvalue weighted by Gasteiger charge is 2.07. The van der Waals surface area contributed by atoms with Crippen LogP contribution in [-0.4, -0.2) is 36.6 Å². The molecular weight excluding hydrogens is 258 g/mol. The van der Waals surface area contributed by atoms with Crippen LogP contribution >= 0.6 is 0 Å². The Morgan fingerprint density at radius 2 is 1.75 bits per heavy atom. The molecule has 1 aromatic rings. The molecule has 6 heteroatoms. The van der Waals surface area contributed by atoms with Crippen molar-refractivity contribution in [3.8, 4) is 0 Å². The van der Waals surface area contributed by atoms with Gasteiger partial charge in [0, 0.05) is 24.4 Å². The van der Waals surface area contributed by atoms with Crippen LogP contribution in [0.5, 0.6) is 0 Å². The summed E-state index contributed by atoms with van der Waals surface area (Å²) in [4.78, 5) is 23.2. The summed E-state index contributed by atoms with van der Waals surface area (Å²) in [5, 5.41) is 13.8. The molecule has 0 bridgehead atoms. The van der Waals surface area contributed by atoms with Crippen molar-refractivity contribution in [1.82, 2.24) is 10.6 Å². The number of carbonyl (C=O) groups is 2. The van der Waals surface area contributed by atoms with Gasteiger partial charge in [0.1, 0.15) is 0 Å². The number of unbranched alkanes of at least 4 members (excludes halogenated alkanes) is 2. The number of hydrogen-bond acceptors (Lipinski definition) is 4. The summed E-state index contributed by atoms with van der Waals surface area (Å²) in [6.45, 7) is 0.672. The van der Waals surface area contributed by atoms with Gasteiger partial charge in [-0.25, -0.2) is 0 Å². The number of nitrogen functional groups attached to an aromatic ring is 1. The highest BCUT2D eigenvalue weighted by molar-refractivity contribution is 5.96. The highest BCUT2D eigenvalue weighted by atomic mass is 16.3. The molecule has 0 aliphatic carbocycles. The van der Waals surface area contributed by atoms with Gasteiger partial charge in [-0.3, -0.25) is 9.59 Å². The van der Waals surface area contributed by atoms with Gasteiger partial charge in [0.15, 0.2) is 0 Å². The summed E-state index contributed by atoms with van der Waals surface area (Å²) in [7, 11) is 0. The van der Waals surface area contributed by atoms with E-state index in [1.54, 1.807) is 24.3 Å². The first-order chi connectivity index (χ1) is 9.63. The lowest BCUT2D eigenvalue weighted by molar-refractivity contribution is -0.120. The average molecular weight is 279 g/mol. The fourth-order valence-electron chi connectivity index (χ4n) is 1.60. The van der Waals surface area contributed by atoms with Crippen LogP contribution in [0.15, 0.2) is 24.3 Å². The lowest BCUT2D eigenvalue weighted by Crippen LogP contribution is -2.37. The fraction of sp³-hybridized carbons (Fsp3) is 0.429. The van der Waals surface area contributed by atoms with Crippen molar-refractivity contribution in [1.29, 1.82) is 0 Å². The second-order valence-electron chi connectivity index (χ2n) is 4.44. The number of nitrogens with one attached hydrogen (secondary N) is 2. The molecule has 5 N–H and O–H groups in total. The summed E-state index contributed by atoms with van der Waals surface area (Å²) in [5.41, 5.74) is 6.58. The number of nitrogens with two attached hydrogens (primary N) is 1. The maximum Gasteiger partial charge on any atom is 0.251 e. The van der Waals surface area contributed by atoms with Crippen LogP contribution in [-0.2, 0) is 4.79 Å². The first-order valence-electron chi connectivity index (χ1n) is 6.65. The second kappa shape index (κ2) is 8.92. The van der Waals surface area contributed by atoms with Gasteiger partial charge >= 0.3 is 0 Å². The van der Waals surface area contributed by atoms with Gasteiger partial charge in [-0.15, -0.1) is 0 Å². The Balaban J connectivity index is 2.20. The van der Waals surface area contributed by atoms with Crippen molar-refractivity contribution >= 4 is 17.5 Å². The lowest BCUT2D eigenvalue weighted by Gasteiger charge is -2.07. The van der Waals surface area contributed by atoms with Crippen molar-refractivity contribution in [2.24, 2.45) is 0 Å². The molecule has 0 fully saturated rings. The second-order valence-corrected chi connectivity index (χ2v) is 4.44. The molecular formula is C14H21N3O3. The van der Waals surface area contributed by atoms with Crippen molar-refractivity contribution in [2.75, 3.05) is 25.4 Å². The maximum atomic E-state index is 11.7. The number of aliphatic hydroxyl groups is 1. The molecule has 2 amide bonds. The minimum atomic E-state index is -0.305. The summed E-state index contributed by atoms with van der Waals surface area (Å²) < 4.78 is 0. The average Bonchev–Trinajstić information content (AvgIpc) is 2.45. The molecule has 1 aromatic carbocycles. The zero-order valence-corrected chi connectivity index (χ0v) is 11.4. The molecule has 0 atom stereocenters. The number of aliphatic hydroxyl groups excluding tert-OH is 1. The van der Waals surface area contributed by atoms with Crippen LogP contribution in [0.3, 0.4) is 0 Å². The molecule has 20 heavy (non-hydrogen) atoms. The van der Waals surface area contributed by atoms with Crippen LogP contribution in [0.2, 0.25) is 0 Å². The van der Waals surface area contributed by atoms with Crippen molar-refractivity contribution in [3.05, 3.63) is 29.8 Å². The third-order valence-corrected chi connectivity index (χ3v) is 2.74. The van der Waals surface area contributed by atoms with Gasteiger partial charge in [-0.05, 0) is 43.5 Å². The first kappa shape index (κ1) is 16.0. The Labute approximate surface area is 118 Å². The van der Waals surface area contributed by atoms with Crippen LogP contribution in [0.1, 0.15) is 29.6 Å². The molecule has 110 valence electrons. The molecule has 0 aliphatic heterocycles. The van der Waals surface area contributed by atoms with Crippen LogP contribution in [0.4, 0.5) is 5.69 Å². The predicted molar refractivity (Wildman–Crippen MR) is 77.1 cm³/mol. The SMILES string of the molecule is Nc1ccc(C(=O)NCC(=O)NCCCCCO)cc1. The zero-order valence-electron chi connectivity index (χ0n) is 11.4. The molecule has 1 rings (SSSR count). The van der Waals surface area contributed by atoms with E-state index in [2.05, 4.69) is 10.6 Å². The summed E-state index contributed by atoms with van der Waals surface area (Å²) in [6, 6.07) is 6.49. The van der Waals surface area contributed by atoms with Crippen molar-refractivity contribution < 1.29 is 14.7 Å². The molecule has 0 heterocycles. The van der Waals surface area contributed by atoms with Gasteiger partial charge in [-0.1, -0.05) is 0 Å². The van der Waals surface area contributed by atoms with E-state index in [-0.39, 0.29) is 25.0 Å². The van der Waals surface area contributed by atoms with Crippen molar-refractivity contribution in [3.63, 3.8) is 0 Å². The first-order valence-corrected chi connectivity index (χ1v) is 6.65. The Morgan fingerprint density at radius 3 is 2.40 bits per heavy atom. The smallest absolute Gasteiger partial charge is 0.251 e. The van der Waals surface area contributed by atoms with E-state index in [4.69, 9.17) is 10.8 Å². The van der Waals surface area contributed by atoms with E-state index in [1.807, 2.05) is 0 Å². The Hall–Kier alpha value is -2.08. The highest BCUT2D eigenvalue weighted by Crippen LogP contribution is 2.04. The van der Waals surface area contributed by atoms with Gasteiger partial charge in [-0.2, -0.15) is 0 Å². The quantitative estimate of drug-likeness (QED) is 0.405. The number of hydrogen-bond donors (Lipinski definition) is 4. The van der Waals surface area contributed by atoms with E-state index in [0.717, 1.165) is 19.3 Å². The normalized spacial score (nSPS) is 10.1. The standard InChI is InChI=1S/C14H21N3O3/c15-12-6-4-11(5-7-12)14(20)17-10-13(19)16-8-2-1-3-9-18/h4-7,18H,1-3,8-10,15H2,(H,16,19)(H,17,20). The van der Waals surface area contributed by atoms with E-state index in [1.165, 1.54) is 0 Å². The topological polar surface area (TPSA) is 104 Å². The van der Waals surface area contributed by atoms with Crippen LogP contribution in [0.25, 0.3) is 0 Å². The lowest BCUT2D eigenvalue weighted by atomic mass is 10.2. The minimum absolute atomic E-state index is 0.0524. The molecule has 0 aliphatic rings. The van der Waals surface area contributed by atoms with Gasteiger partial charge < -0.3 is 21.5 Å². The predicted octanol–water partition coefficient (Wildman–Crippen LogP) is 0.277. The third kappa shape index (κ3) is 6.19. The van der Waals surface area contributed by atoms with Crippen LogP contribution in [0, 0.1) is 0 Å². The Morgan fingerprint density at radius 1 is 1.05 bits per heavy atom. The zero-order chi connectivity index (χ0) is 14.8. The van der Waals surface area contributed by atoms with E-state index >= 15 is 0 Å². The fourth-order valence-corrected chi connectivity index (χ4v) is 1.60. The summed E-state index contributed by atoms with van der Waals surface area (Å²) >= 11 is 0. The Kier molecular flexibility index (Phi) is 7.13. The molecule has 6 nitrogen and oxygen atoms in total. The van der Waals surface area contributed by atoms with Crippen LogP contribution < -0.4 is 16.4 Å². The number of carbonyl (C=O) groups excluding carboxylic acids is 2. The monoisotopic (exact) mass is 279 g/mol. The summed E-state index contributed by atoms with van der Waals surface area (Å²) in [5.74, 6) is -0.529. The number of amides is 2. The van der Waals surface area contributed by atoms with Gasteiger partial charge in [0.25, 0.3) is 5.91 Å².